The summed E-state index contributed by atoms with van der Waals surface area (Å²) in [6.07, 6.45) is 9.14. The van der Waals surface area contributed by atoms with E-state index in [0.29, 0.717) is 5.56 Å². The van der Waals surface area contributed by atoms with Crippen LogP contribution in [0, 0.1) is 0 Å². The van der Waals surface area contributed by atoms with Gasteiger partial charge in [0.05, 0.1) is 0 Å². The van der Waals surface area contributed by atoms with Crippen molar-refractivity contribution < 1.29 is 9.59 Å². The number of hydrogen-bond acceptors (Lipinski definition) is 6. The number of amides is 2. The predicted molar refractivity (Wildman–Crippen MR) is 112 cm³/mol. The third-order valence-electron chi connectivity index (χ3n) is 5.65. The largest absolute Gasteiger partial charge is 0.349 e. The van der Waals surface area contributed by atoms with E-state index in [-0.39, 0.29) is 29.1 Å². The topological polar surface area (TPSA) is 88.1 Å². The zero-order valence-electron chi connectivity index (χ0n) is 17.3. The summed E-state index contributed by atoms with van der Waals surface area (Å²) >= 11 is 1.14. The van der Waals surface area contributed by atoms with Crippen molar-refractivity contribution in [3.05, 3.63) is 41.2 Å². The first-order valence-electron chi connectivity index (χ1n) is 10.2. The zero-order chi connectivity index (χ0) is 20.9. The molecule has 1 atom stereocenters. The van der Waals surface area contributed by atoms with Crippen LogP contribution in [0.3, 0.4) is 0 Å². The lowest BCUT2D eigenvalue weighted by atomic mass is 9.91. The Labute approximate surface area is 176 Å². The number of pyridine rings is 1. The summed E-state index contributed by atoms with van der Waals surface area (Å²) < 4.78 is 3.85. The smallest absolute Gasteiger partial charge is 0.276 e. The predicted octanol–water partition coefficient (Wildman–Crippen LogP) is 3.75. The van der Waals surface area contributed by atoms with Gasteiger partial charge < -0.3 is 10.2 Å². The van der Waals surface area contributed by atoms with Gasteiger partial charge >= 0.3 is 0 Å². The molecule has 29 heavy (non-hydrogen) atoms. The Morgan fingerprint density at radius 1 is 1.31 bits per heavy atom. The van der Waals surface area contributed by atoms with Gasteiger partial charge in [0.2, 0.25) is 5.91 Å². The van der Waals surface area contributed by atoms with Crippen molar-refractivity contribution in [1.29, 1.82) is 0 Å². The van der Waals surface area contributed by atoms with Crippen LogP contribution in [0.15, 0.2) is 29.9 Å². The third kappa shape index (κ3) is 5.18. The molecule has 1 saturated carbocycles. The molecule has 2 aromatic heterocycles. The van der Waals surface area contributed by atoms with Crippen LogP contribution in [-0.4, -0.2) is 42.9 Å². The maximum Gasteiger partial charge on any atom is 0.276 e. The van der Waals surface area contributed by atoms with Gasteiger partial charge in [-0.1, -0.05) is 36.7 Å². The molecular formula is C21H29N5O2S. The van der Waals surface area contributed by atoms with Gasteiger partial charge in [0.15, 0.2) is 5.69 Å². The van der Waals surface area contributed by atoms with E-state index < -0.39 is 6.04 Å². The monoisotopic (exact) mass is 415 g/mol. The first-order valence-corrected chi connectivity index (χ1v) is 11.1. The van der Waals surface area contributed by atoms with Gasteiger partial charge in [-0.25, -0.2) is 0 Å². The second-order valence-corrected chi connectivity index (χ2v) is 8.82. The lowest BCUT2D eigenvalue weighted by molar-refractivity contribution is -0.128. The van der Waals surface area contributed by atoms with E-state index >= 15 is 0 Å². The van der Waals surface area contributed by atoms with Crippen molar-refractivity contribution in [2.75, 3.05) is 0 Å². The molecule has 2 aromatic rings. The quantitative estimate of drug-likeness (QED) is 0.744. The molecule has 8 heteroatoms. The molecule has 2 amide bonds. The lowest BCUT2D eigenvalue weighted by Crippen LogP contribution is -2.53. The first kappa shape index (κ1) is 21.4. The SMILES string of the molecule is CCC(C)(C)NC(=O)[C@@H](c1cccnc1)N(C(=O)c1csnn1)C1CCCCC1. The van der Waals surface area contributed by atoms with E-state index in [2.05, 4.69) is 19.9 Å². The highest BCUT2D eigenvalue weighted by molar-refractivity contribution is 7.03. The van der Waals surface area contributed by atoms with Gasteiger partial charge in [-0.05, 0) is 50.7 Å². The van der Waals surface area contributed by atoms with Crippen LogP contribution in [0.25, 0.3) is 0 Å². The maximum atomic E-state index is 13.5. The highest BCUT2D eigenvalue weighted by atomic mass is 32.1. The van der Waals surface area contributed by atoms with E-state index in [4.69, 9.17) is 0 Å². The molecule has 0 radical (unpaired) electrons. The molecule has 0 spiro atoms. The van der Waals surface area contributed by atoms with Gasteiger partial charge in [-0.15, -0.1) is 5.10 Å². The molecule has 1 N–H and O–H groups in total. The van der Waals surface area contributed by atoms with Crippen LogP contribution in [0.2, 0.25) is 0 Å². The number of carbonyl (C=O) groups is 2. The Morgan fingerprint density at radius 3 is 2.66 bits per heavy atom. The summed E-state index contributed by atoms with van der Waals surface area (Å²) in [4.78, 5) is 32.9. The van der Waals surface area contributed by atoms with Crippen LogP contribution in [-0.2, 0) is 4.79 Å². The molecule has 3 rings (SSSR count). The molecule has 156 valence electrons. The van der Waals surface area contributed by atoms with E-state index in [9.17, 15) is 9.59 Å². The lowest BCUT2D eigenvalue weighted by Gasteiger charge is -2.40. The Hall–Kier alpha value is -2.35. The van der Waals surface area contributed by atoms with E-state index in [1.807, 2.05) is 26.8 Å². The summed E-state index contributed by atoms with van der Waals surface area (Å²) in [6.45, 7) is 6.01. The van der Waals surface area contributed by atoms with Crippen LogP contribution in [0.1, 0.15) is 81.4 Å². The van der Waals surface area contributed by atoms with Crippen molar-refractivity contribution in [1.82, 2.24) is 24.8 Å². The second-order valence-electron chi connectivity index (χ2n) is 8.21. The van der Waals surface area contributed by atoms with E-state index in [1.165, 1.54) is 0 Å². The Kier molecular flexibility index (Phi) is 6.95. The highest BCUT2D eigenvalue weighted by Gasteiger charge is 2.39. The Bertz CT molecular complexity index is 804. The number of rotatable bonds is 7. The fourth-order valence-corrected chi connectivity index (χ4v) is 4.14. The highest BCUT2D eigenvalue weighted by Crippen LogP contribution is 2.32. The van der Waals surface area contributed by atoms with Gasteiger partial charge in [-0.2, -0.15) is 0 Å². The van der Waals surface area contributed by atoms with E-state index in [1.54, 1.807) is 28.7 Å². The van der Waals surface area contributed by atoms with Crippen molar-refractivity contribution in [3.8, 4) is 0 Å². The van der Waals surface area contributed by atoms with Crippen LogP contribution < -0.4 is 5.32 Å². The number of aromatic nitrogens is 3. The number of carbonyl (C=O) groups excluding carboxylic acids is 2. The molecule has 0 aromatic carbocycles. The fourth-order valence-electron chi connectivity index (χ4n) is 3.71. The first-order chi connectivity index (χ1) is 13.9. The maximum absolute atomic E-state index is 13.5. The van der Waals surface area contributed by atoms with Gasteiger partial charge in [0, 0.05) is 34.9 Å². The molecule has 1 aliphatic carbocycles. The van der Waals surface area contributed by atoms with Gasteiger partial charge in [0.1, 0.15) is 6.04 Å². The molecule has 1 aliphatic rings. The molecule has 0 aliphatic heterocycles. The van der Waals surface area contributed by atoms with Gasteiger partial charge in [-0.3, -0.25) is 14.6 Å². The minimum Gasteiger partial charge on any atom is -0.349 e. The fraction of sp³-hybridized carbons (Fsp3) is 0.571. The van der Waals surface area contributed by atoms with Crippen LogP contribution in [0.4, 0.5) is 0 Å². The Morgan fingerprint density at radius 2 is 2.07 bits per heavy atom. The second kappa shape index (κ2) is 9.43. The minimum absolute atomic E-state index is 0.0151. The standard InChI is InChI=1S/C21H29N5O2S/c1-4-21(2,3)23-19(27)18(15-9-8-12-22-13-15)26(16-10-6-5-7-11-16)20(28)17-14-29-25-24-17/h8-9,12-14,16,18H,4-7,10-11H2,1-3H3,(H,23,27)/t18-/m1/s1. The molecule has 0 unspecified atom stereocenters. The minimum atomic E-state index is -0.758. The van der Waals surface area contributed by atoms with E-state index in [0.717, 1.165) is 50.1 Å². The number of nitrogens with one attached hydrogen (secondary N) is 1. The summed E-state index contributed by atoms with van der Waals surface area (Å²) in [5.41, 5.74) is 0.622. The normalized spacial score (nSPS) is 16.2. The molecule has 1 fully saturated rings. The third-order valence-corrected chi connectivity index (χ3v) is 6.16. The van der Waals surface area contributed by atoms with Crippen molar-refractivity contribution in [2.45, 2.75) is 76.9 Å². The number of hydrogen-bond donors (Lipinski definition) is 1. The van der Waals surface area contributed by atoms with Crippen molar-refractivity contribution in [2.24, 2.45) is 0 Å². The molecule has 0 saturated heterocycles. The zero-order valence-corrected chi connectivity index (χ0v) is 18.1. The van der Waals surface area contributed by atoms with Crippen molar-refractivity contribution in [3.63, 3.8) is 0 Å². The average molecular weight is 416 g/mol. The Balaban J connectivity index is 2.04. The summed E-state index contributed by atoms with van der Waals surface area (Å²) in [5.74, 6) is -0.434. The molecular weight excluding hydrogens is 386 g/mol. The van der Waals surface area contributed by atoms with Gasteiger partial charge in [0.25, 0.3) is 5.91 Å². The van der Waals surface area contributed by atoms with Crippen LogP contribution in [0.5, 0.6) is 0 Å². The number of nitrogens with zero attached hydrogens (tertiary/aromatic N) is 4. The molecule has 7 nitrogen and oxygen atoms in total. The average Bonchev–Trinajstić information content (AvgIpc) is 3.27. The summed E-state index contributed by atoms with van der Waals surface area (Å²) in [6, 6.07) is 2.89. The van der Waals surface area contributed by atoms with Crippen LogP contribution >= 0.6 is 11.5 Å². The molecule has 0 bridgehead atoms. The molecule has 2 heterocycles. The summed E-state index contributed by atoms with van der Waals surface area (Å²) in [5, 5.41) is 8.76. The summed E-state index contributed by atoms with van der Waals surface area (Å²) in [7, 11) is 0. The van der Waals surface area contributed by atoms with Crippen molar-refractivity contribution >= 4 is 23.3 Å².